The standard InChI is InChI=1S/C25H29N9O4S/c35-22-20(29-25(36)31-22)12-16-13-26-34-21(16)30-23(32-24(34)28-18-6-7-18)27-17-8-10-19(11-9-17)33-39(37,38)14-15-4-2-1-3-5-15/h1-5,12-13,17-19,33,35H,6-11,14H2,(H,27,28,32)(H2,29,31,36)/b16-12+. The first kappa shape index (κ1) is 25.2. The molecule has 0 radical (unpaired) electrons. The Hall–Kier alpha value is -4.04. The molecule has 0 amide bonds. The first-order valence-electron chi connectivity index (χ1n) is 12.9. The third-order valence-electron chi connectivity index (χ3n) is 6.86. The molecule has 5 N–H and O–H groups in total. The molecular formula is C25H29N9O4S. The molecule has 2 aliphatic carbocycles. The molecule has 39 heavy (non-hydrogen) atoms. The fourth-order valence-corrected chi connectivity index (χ4v) is 6.23. The first-order valence-corrected chi connectivity index (χ1v) is 14.6. The number of benzene rings is 1. The molecule has 0 atom stereocenters. The van der Waals surface area contributed by atoms with E-state index < -0.39 is 15.7 Å². The van der Waals surface area contributed by atoms with E-state index in [0.29, 0.717) is 35.3 Å². The molecule has 4 aromatic rings. The van der Waals surface area contributed by atoms with E-state index in [2.05, 4.69) is 40.1 Å². The zero-order chi connectivity index (χ0) is 27.0. The summed E-state index contributed by atoms with van der Waals surface area (Å²) in [4.78, 5) is 30.3. The number of nitrogens with one attached hydrogen (secondary N) is 4. The van der Waals surface area contributed by atoms with Crippen LogP contribution in [0.4, 0.5) is 5.95 Å². The fraction of sp³-hybridized carbons (Fsp3) is 0.400. The molecule has 204 valence electrons. The van der Waals surface area contributed by atoms with Crippen molar-refractivity contribution in [2.24, 2.45) is 4.99 Å². The molecule has 0 unspecified atom stereocenters. The van der Waals surface area contributed by atoms with Crippen LogP contribution in [-0.2, 0) is 15.8 Å². The summed E-state index contributed by atoms with van der Waals surface area (Å²) in [6, 6.07) is 9.31. The summed E-state index contributed by atoms with van der Waals surface area (Å²) in [7, 11) is -3.43. The first-order chi connectivity index (χ1) is 18.8. The molecule has 0 bridgehead atoms. The Morgan fingerprint density at radius 2 is 1.79 bits per heavy atom. The van der Waals surface area contributed by atoms with Gasteiger partial charge in [0, 0.05) is 17.3 Å². The number of fused-ring (bicyclic) bond motifs is 1. The van der Waals surface area contributed by atoms with Crippen LogP contribution in [0.1, 0.15) is 49.8 Å². The largest absolute Gasteiger partial charge is 0.493 e. The third-order valence-corrected chi connectivity index (χ3v) is 8.27. The van der Waals surface area contributed by atoms with E-state index in [-0.39, 0.29) is 35.5 Å². The average molecular weight is 552 g/mol. The van der Waals surface area contributed by atoms with Crippen molar-refractivity contribution in [2.45, 2.75) is 62.4 Å². The van der Waals surface area contributed by atoms with Crippen LogP contribution in [0.5, 0.6) is 5.88 Å². The molecular weight excluding hydrogens is 522 g/mol. The number of aromatic amines is 2. The lowest BCUT2D eigenvalue weighted by Gasteiger charge is -2.29. The number of hydrogen-bond donors (Lipinski definition) is 5. The van der Waals surface area contributed by atoms with Crippen LogP contribution < -0.4 is 26.6 Å². The Kier molecular flexibility index (Phi) is 6.64. The molecule has 13 nitrogen and oxygen atoms in total. The monoisotopic (exact) mass is 551 g/mol. The van der Waals surface area contributed by atoms with E-state index in [1.165, 1.54) is 0 Å². The van der Waals surface area contributed by atoms with Gasteiger partial charge in [0.05, 0.1) is 18.0 Å². The normalized spacial score (nSPS) is 21.0. The maximum Gasteiger partial charge on any atom is 0.326 e. The second-order valence-corrected chi connectivity index (χ2v) is 11.8. The van der Waals surface area contributed by atoms with Crippen molar-refractivity contribution >= 4 is 27.7 Å². The highest BCUT2D eigenvalue weighted by atomic mass is 32.2. The van der Waals surface area contributed by atoms with Crippen LogP contribution in [0.2, 0.25) is 0 Å². The van der Waals surface area contributed by atoms with Gasteiger partial charge in [0.1, 0.15) is 5.69 Å². The quantitative estimate of drug-likeness (QED) is 0.207. The highest BCUT2D eigenvalue weighted by Gasteiger charge is 2.26. The SMILES string of the molecule is O=c1[nH]c(O)c(/C=c2\cnn3c(=NC4CC4)nc(NC4CCC(NS(=O)(=O)Cc5ccccc5)CC4)nc23)[nH]1. The molecule has 14 heteroatoms. The Morgan fingerprint density at radius 1 is 1.05 bits per heavy atom. The molecule has 0 spiro atoms. The van der Waals surface area contributed by atoms with E-state index in [0.717, 1.165) is 31.2 Å². The van der Waals surface area contributed by atoms with Gasteiger partial charge in [0.25, 0.3) is 5.62 Å². The third kappa shape index (κ3) is 6.01. The number of nitrogens with zero attached hydrogens (tertiary/aromatic N) is 5. The van der Waals surface area contributed by atoms with Crippen molar-refractivity contribution in [3.8, 4) is 5.88 Å². The minimum absolute atomic E-state index is 0.0355. The van der Waals surface area contributed by atoms with Gasteiger partial charge in [-0.05, 0) is 50.2 Å². The number of aromatic hydroxyl groups is 1. The lowest BCUT2D eigenvalue weighted by molar-refractivity contribution is 0.386. The Labute approximate surface area is 223 Å². The maximum atomic E-state index is 12.7. The molecule has 0 aliphatic heterocycles. The lowest BCUT2D eigenvalue weighted by Crippen LogP contribution is -2.41. The minimum atomic E-state index is -3.43. The van der Waals surface area contributed by atoms with Crippen LogP contribution in [0.15, 0.2) is 46.3 Å². The number of H-pyrrole nitrogens is 2. The number of hydrogen-bond acceptors (Lipinski definition) is 9. The number of sulfonamides is 1. The van der Waals surface area contributed by atoms with Gasteiger partial charge in [0.2, 0.25) is 21.9 Å². The predicted octanol–water partition coefficient (Wildman–Crippen LogP) is 0.300. The van der Waals surface area contributed by atoms with Gasteiger partial charge in [-0.2, -0.15) is 19.6 Å². The summed E-state index contributed by atoms with van der Waals surface area (Å²) in [5.41, 5.74) is 1.37. The Bertz CT molecular complexity index is 1770. The maximum absolute atomic E-state index is 12.7. The molecule has 3 aromatic heterocycles. The van der Waals surface area contributed by atoms with Gasteiger partial charge in [-0.15, -0.1) is 0 Å². The van der Waals surface area contributed by atoms with Gasteiger partial charge in [-0.3, -0.25) is 4.98 Å². The van der Waals surface area contributed by atoms with Crippen molar-refractivity contribution in [3.05, 3.63) is 69.1 Å². The Balaban J connectivity index is 1.19. The fourth-order valence-electron chi connectivity index (χ4n) is 4.77. The van der Waals surface area contributed by atoms with Gasteiger partial charge in [0.15, 0.2) is 5.65 Å². The van der Waals surface area contributed by atoms with Crippen LogP contribution in [0.25, 0.3) is 11.7 Å². The van der Waals surface area contributed by atoms with E-state index >= 15 is 0 Å². The van der Waals surface area contributed by atoms with E-state index in [4.69, 9.17) is 0 Å². The predicted molar refractivity (Wildman–Crippen MR) is 143 cm³/mol. The highest BCUT2D eigenvalue weighted by Crippen LogP contribution is 2.23. The van der Waals surface area contributed by atoms with Crippen molar-refractivity contribution in [3.63, 3.8) is 0 Å². The second kappa shape index (κ2) is 10.3. The smallest absolute Gasteiger partial charge is 0.326 e. The van der Waals surface area contributed by atoms with Crippen molar-refractivity contribution in [1.29, 1.82) is 0 Å². The molecule has 2 saturated carbocycles. The van der Waals surface area contributed by atoms with E-state index in [1.54, 1.807) is 16.8 Å². The molecule has 1 aromatic carbocycles. The highest BCUT2D eigenvalue weighted by molar-refractivity contribution is 7.88. The van der Waals surface area contributed by atoms with Crippen LogP contribution >= 0.6 is 0 Å². The van der Waals surface area contributed by atoms with Crippen LogP contribution in [-0.4, -0.2) is 61.2 Å². The van der Waals surface area contributed by atoms with Gasteiger partial charge in [-0.1, -0.05) is 30.3 Å². The summed E-state index contributed by atoms with van der Waals surface area (Å²) < 4.78 is 29.7. The van der Waals surface area contributed by atoms with Crippen molar-refractivity contribution in [1.82, 2.24) is 34.3 Å². The van der Waals surface area contributed by atoms with Gasteiger partial charge in [-0.25, -0.2) is 22.9 Å². The van der Waals surface area contributed by atoms with E-state index in [1.807, 2.05) is 30.3 Å². The molecule has 2 fully saturated rings. The van der Waals surface area contributed by atoms with Gasteiger partial charge >= 0.3 is 5.69 Å². The minimum Gasteiger partial charge on any atom is -0.493 e. The molecule has 2 aliphatic rings. The summed E-state index contributed by atoms with van der Waals surface area (Å²) in [6.45, 7) is 0. The van der Waals surface area contributed by atoms with Crippen molar-refractivity contribution in [2.75, 3.05) is 5.32 Å². The zero-order valence-electron chi connectivity index (χ0n) is 21.0. The molecule has 0 saturated heterocycles. The molecule has 6 rings (SSSR count). The summed E-state index contributed by atoms with van der Waals surface area (Å²) in [6.07, 6.45) is 8.04. The number of imidazole rings is 1. The summed E-state index contributed by atoms with van der Waals surface area (Å²) in [5.74, 6) is 0.0921. The van der Waals surface area contributed by atoms with Gasteiger partial charge < -0.3 is 15.4 Å². The zero-order valence-corrected chi connectivity index (χ0v) is 21.9. The van der Waals surface area contributed by atoms with Crippen LogP contribution in [0, 0.1) is 0 Å². The van der Waals surface area contributed by atoms with Crippen molar-refractivity contribution < 1.29 is 13.5 Å². The average Bonchev–Trinajstić information content (AvgIpc) is 3.53. The second-order valence-electron chi connectivity index (χ2n) is 10.1. The van der Waals surface area contributed by atoms with Crippen LogP contribution in [0.3, 0.4) is 0 Å². The number of anilines is 1. The lowest BCUT2D eigenvalue weighted by atomic mass is 9.92. The summed E-state index contributed by atoms with van der Waals surface area (Å²) >= 11 is 0. The summed E-state index contributed by atoms with van der Waals surface area (Å²) in [5, 5.41) is 18.3. The van der Waals surface area contributed by atoms with E-state index in [9.17, 15) is 18.3 Å². The number of aromatic nitrogens is 6. The topological polar surface area (TPSA) is 183 Å². The molecule has 3 heterocycles. The Morgan fingerprint density at radius 3 is 2.49 bits per heavy atom. The number of rotatable bonds is 8.